The van der Waals surface area contributed by atoms with E-state index >= 15 is 0 Å². The van der Waals surface area contributed by atoms with Crippen LogP contribution in [0.5, 0.6) is 0 Å². The molecular formula is C14H16BrN3OS. The van der Waals surface area contributed by atoms with Crippen LogP contribution in [0.3, 0.4) is 0 Å². The molecule has 2 heterocycles. The van der Waals surface area contributed by atoms with Crippen molar-refractivity contribution >= 4 is 39.0 Å². The largest absolute Gasteiger partial charge is 0.370 e. The number of carbonyl (C=O) groups is 1. The van der Waals surface area contributed by atoms with Crippen LogP contribution in [-0.4, -0.2) is 29.4 Å². The molecule has 2 rings (SSSR count). The van der Waals surface area contributed by atoms with Gasteiger partial charge in [0, 0.05) is 31.9 Å². The highest BCUT2D eigenvalue weighted by molar-refractivity contribution is 9.11. The third kappa shape index (κ3) is 3.80. The molecule has 6 heteroatoms. The van der Waals surface area contributed by atoms with Gasteiger partial charge in [-0.15, -0.1) is 11.3 Å². The normalized spacial score (nSPS) is 10.3. The first-order valence-corrected chi connectivity index (χ1v) is 7.95. The smallest absolute Gasteiger partial charge is 0.254 e. The van der Waals surface area contributed by atoms with Gasteiger partial charge in [0.1, 0.15) is 5.82 Å². The fourth-order valence-corrected chi connectivity index (χ4v) is 3.04. The fourth-order valence-electron chi connectivity index (χ4n) is 1.84. The van der Waals surface area contributed by atoms with E-state index in [0.717, 1.165) is 21.7 Å². The number of aromatic nitrogens is 1. The van der Waals surface area contributed by atoms with Gasteiger partial charge in [-0.3, -0.25) is 4.79 Å². The van der Waals surface area contributed by atoms with Gasteiger partial charge in [-0.2, -0.15) is 0 Å². The summed E-state index contributed by atoms with van der Waals surface area (Å²) >= 11 is 5.05. The fraction of sp³-hybridized carbons (Fsp3) is 0.286. The molecule has 0 radical (unpaired) electrons. The van der Waals surface area contributed by atoms with E-state index in [-0.39, 0.29) is 5.91 Å². The number of halogens is 1. The molecule has 0 spiro atoms. The molecule has 20 heavy (non-hydrogen) atoms. The van der Waals surface area contributed by atoms with Crippen molar-refractivity contribution in [2.24, 2.45) is 0 Å². The Morgan fingerprint density at radius 1 is 1.50 bits per heavy atom. The van der Waals surface area contributed by atoms with Crippen LogP contribution in [0.2, 0.25) is 0 Å². The molecule has 0 saturated heterocycles. The molecule has 0 bridgehead atoms. The van der Waals surface area contributed by atoms with Crippen LogP contribution in [0, 0.1) is 0 Å². The Morgan fingerprint density at radius 2 is 2.30 bits per heavy atom. The molecule has 0 saturated carbocycles. The van der Waals surface area contributed by atoms with E-state index in [1.54, 1.807) is 41.6 Å². The van der Waals surface area contributed by atoms with E-state index in [1.807, 2.05) is 18.4 Å². The molecule has 4 nitrogen and oxygen atoms in total. The SMILES string of the molecule is CCNc1cc(C(=O)N(C)Cc2csc(Br)c2)ccn1. The van der Waals surface area contributed by atoms with Crippen LogP contribution < -0.4 is 5.32 Å². The lowest BCUT2D eigenvalue weighted by molar-refractivity contribution is 0.0785. The number of pyridine rings is 1. The summed E-state index contributed by atoms with van der Waals surface area (Å²) in [6.07, 6.45) is 1.65. The zero-order chi connectivity index (χ0) is 14.5. The number of hydrogen-bond donors (Lipinski definition) is 1. The van der Waals surface area contributed by atoms with Crippen LogP contribution in [0.25, 0.3) is 0 Å². The van der Waals surface area contributed by atoms with E-state index in [2.05, 4.69) is 26.2 Å². The third-order valence-electron chi connectivity index (χ3n) is 2.75. The highest BCUT2D eigenvalue weighted by Gasteiger charge is 2.13. The summed E-state index contributed by atoms with van der Waals surface area (Å²) < 4.78 is 1.08. The Morgan fingerprint density at radius 3 is 2.95 bits per heavy atom. The van der Waals surface area contributed by atoms with Gasteiger partial charge in [-0.25, -0.2) is 4.98 Å². The van der Waals surface area contributed by atoms with Crippen LogP contribution >= 0.6 is 27.3 Å². The summed E-state index contributed by atoms with van der Waals surface area (Å²) in [7, 11) is 1.81. The first-order chi connectivity index (χ1) is 9.60. The number of rotatable bonds is 5. The maximum atomic E-state index is 12.4. The number of amides is 1. The number of thiophene rings is 1. The van der Waals surface area contributed by atoms with Gasteiger partial charge in [-0.1, -0.05) is 0 Å². The molecule has 0 aliphatic rings. The summed E-state index contributed by atoms with van der Waals surface area (Å²) in [5.41, 5.74) is 1.77. The number of anilines is 1. The number of carbonyl (C=O) groups excluding carboxylic acids is 1. The van der Waals surface area contributed by atoms with Crippen LogP contribution in [0.4, 0.5) is 5.82 Å². The van der Waals surface area contributed by atoms with Crippen LogP contribution in [-0.2, 0) is 6.54 Å². The molecule has 1 N–H and O–H groups in total. The molecule has 0 unspecified atom stereocenters. The van der Waals surface area contributed by atoms with Crippen LogP contribution in [0.15, 0.2) is 33.6 Å². The summed E-state index contributed by atoms with van der Waals surface area (Å²) in [5.74, 6) is 0.721. The molecule has 0 fully saturated rings. The van der Waals surface area contributed by atoms with Gasteiger partial charge in [0.15, 0.2) is 0 Å². The van der Waals surface area contributed by atoms with Crippen molar-refractivity contribution in [2.75, 3.05) is 18.9 Å². The number of nitrogens with zero attached hydrogens (tertiary/aromatic N) is 2. The second kappa shape index (κ2) is 6.85. The Bertz CT molecular complexity index is 600. The lowest BCUT2D eigenvalue weighted by Crippen LogP contribution is -2.26. The van der Waals surface area contributed by atoms with Gasteiger partial charge in [0.05, 0.1) is 3.79 Å². The van der Waals surface area contributed by atoms with E-state index < -0.39 is 0 Å². The third-order valence-corrected chi connectivity index (χ3v) is 4.31. The van der Waals surface area contributed by atoms with Gasteiger partial charge in [0.25, 0.3) is 5.91 Å². The predicted molar refractivity (Wildman–Crippen MR) is 86.2 cm³/mol. The minimum atomic E-state index is -0.00567. The van der Waals surface area contributed by atoms with Gasteiger partial charge in [-0.05, 0) is 52.0 Å². The van der Waals surface area contributed by atoms with Crippen molar-refractivity contribution in [1.29, 1.82) is 0 Å². The summed E-state index contributed by atoms with van der Waals surface area (Å²) in [6, 6.07) is 5.56. The minimum Gasteiger partial charge on any atom is -0.370 e. The average Bonchev–Trinajstić information content (AvgIpc) is 2.84. The van der Waals surface area contributed by atoms with Crippen LogP contribution in [0.1, 0.15) is 22.8 Å². The lowest BCUT2D eigenvalue weighted by Gasteiger charge is -2.16. The van der Waals surface area contributed by atoms with Crippen molar-refractivity contribution in [3.05, 3.63) is 44.7 Å². The molecule has 1 amide bonds. The Hall–Kier alpha value is -1.40. The van der Waals surface area contributed by atoms with E-state index in [4.69, 9.17) is 0 Å². The molecule has 0 atom stereocenters. The average molecular weight is 354 g/mol. The topological polar surface area (TPSA) is 45.2 Å². The monoisotopic (exact) mass is 353 g/mol. The highest BCUT2D eigenvalue weighted by Crippen LogP contribution is 2.22. The predicted octanol–water partition coefficient (Wildman–Crippen LogP) is 3.61. The van der Waals surface area contributed by atoms with Gasteiger partial charge < -0.3 is 10.2 Å². The number of nitrogens with one attached hydrogen (secondary N) is 1. The molecular weight excluding hydrogens is 338 g/mol. The first kappa shape index (κ1) is 15.0. The van der Waals surface area contributed by atoms with Crippen molar-refractivity contribution in [3.8, 4) is 0 Å². The van der Waals surface area contributed by atoms with Gasteiger partial charge >= 0.3 is 0 Å². The van der Waals surface area contributed by atoms with E-state index in [9.17, 15) is 4.79 Å². The minimum absolute atomic E-state index is 0.00567. The Labute approximate surface area is 131 Å². The molecule has 0 aliphatic heterocycles. The van der Waals surface area contributed by atoms with E-state index in [1.165, 1.54) is 0 Å². The quantitative estimate of drug-likeness (QED) is 0.892. The maximum Gasteiger partial charge on any atom is 0.254 e. The first-order valence-electron chi connectivity index (χ1n) is 6.28. The maximum absolute atomic E-state index is 12.4. The molecule has 2 aromatic heterocycles. The second-order valence-electron chi connectivity index (χ2n) is 4.38. The van der Waals surface area contributed by atoms with Gasteiger partial charge in [0.2, 0.25) is 0 Å². The highest BCUT2D eigenvalue weighted by atomic mass is 79.9. The van der Waals surface area contributed by atoms with E-state index in [0.29, 0.717) is 12.1 Å². The summed E-state index contributed by atoms with van der Waals surface area (Å²) in [6.45, 7) is 3.37. The summed E-state index contributed by atoms with van der Waals surface area (Å²) in [4.78, 5) is 18.3. The number of hydrogen-bond acceptors (Lipinski definition) is 4. The molecule has 2 aromatic rings. The van der Waals surface area contributed by atoms with Crippen molar-refractivity contribution in [1.82, 2.24) is 9.88 Å². The van der Waals surface area contributed by atoms with Crippen molar-refractivity contribution < 1.29 is 4.79 Å². The molecule has 0 aliphatic carbocycles. The van der Waals surface area contributed by atoms with Crippen molar-refractivity contribution in [2.45, 2.75) is 13.5 Å². The van der Waals surface area contributed by atoms with Crippen molar-refractivity contribution in [3.63, 3.8) is 0 Å². The zero-order valence-corrected chi connectivity index (χ0v) is 13.8. The molecule has 106 valence electrons. The zero-order valence-electron chi connectivity index (χ0n) is 11.4. The standard InChI is InChI=1S/C14H16BrN3OS/c1-3-16-13-7-11(4-5-17-13)14(19)18(2)8-10-6-12(15)20-9-10/h4-7,9H,3,8H2,1-2H3,(H,16,17). The summed E-state index contributed by atoms with van der Waals surface area (Å²) in [5, 5.41) is 5.15. The second-order valence-corrected chi connectivity index (χ2v) is 6.67. The lowest BCUT2D eigenvalue weighted by atomic mass is 10.2. The Kier molecular flexibility index (Phi) is 5.14. The Balaban J connectivity index is 2.07. The molecule has 0 aromatic carbocycles.